The number of benzene rings is 1. The monoisotopic (exact) mass is 385 g/mol. The topological polar surface area (TPSA) is 52.7 Å². The van der Waals surface area contributed by atoms with Gasteiger partial charge < -0.3 is 15.1 Å². The second-order valence-corrected chi connectivity index (χ2v) is 7.14. The summed E-state index contributed by atoms with van der Waals surface area (Å²) in [6, 6.07) is 7.72. The molecule has 1 aromatic rings. The van der Waals surface area contributed by atoms with Gasteiger partial charge in [0.2, 0.25) is 11.8 Å². The molecule has 2 unspecified atom stereocenters. The lowest BCUT2D eigenvalue weighted by Crippen LogP contribution is -2.46. The van der Waals surface area contributed by atoms with E-state index in [4.69, 9.17) is 11.6 Å². The lowest BCUT2D eigenvalue weighted by Gasteiger charge is -2.35. The van der Waals surface area contributed by atoms with E-state index in [1.165, 1.54) is 0 Å². The molecule has 0 aromatic heterocycles. The molecule has 2 atom stereocenters. The molecule has 2 fully saturated rings. The van der Waals surface area contributed by atoms with Gasteiger partial charge in [0.1, 0.15) is 0 Å². The Morgan fingerprint density at radius 1 is 1.28 bits per heavy atom. The van der Waals surface area contributed by atoms with Crippen LogP contribution >= 0.6 is 24.0 Å². The third kappa shape index (κ3) is 4.10. The summed E-state index contributed by atoms with van der Waals surface area (Å²) in [5.41, 5.74) is 0.930. The number of nitrogens with one attached hydrogen (secondary N) is 1. The van der Waals surface area contributed by atoms with Crippen LogP contribution in [0.3, 0.4) is 0 Å². The number of amides is 2. The molecule has 0 saturated carbocycles. The molecule has 2 saturated heterocycles. The summed E-state index contributed by atoms with van der Waals surface area (Å²) < 4.78 is 0. The third-order valence-corrected chi connectivity index (χ3v) is 5.54. The van der Waals surface area contributed by atoms with Gasteiger partial charge in [-0.25, -0.2) is 0 Å². The van der Waals surface area contributed by atoms with E-state index >= 15 is 0 Å². The molecule has 0 bridgehead atoms. The Labute approximate surface area is 160 Å². The van der Waals surface area contributed by atoms with Crippen molar-refractivity contribution in [3.05, 3.63) is 34.9 Å². The third-order valence-electron chi connectivity index (χ3n) is 5.31. The van der Waals surface area contributed by atoms with Crippen LogP contribution in [-0.4, -0.2) is 54.8 Å². The van der Waals surface area contributed by atoms with E-state index in [0.29, 0.717) is 11.1 Å². The van der Waals surface area contributed by atoms with Gasteiger partial charge in [-0.3, -0.25) is 9.59 Å². The highest BCUT2D eigenvalue weighted by molar-refractivity contribution is 6.30. The fourth-order valence-corrected chi connectivity index (χ4v) is 4.06. The summed E-state index contributed by atoms with van der Waals surface area (Å²) in [5, 5.41) is 3.90. The molecule has 2 heterocycles. The molecule has 0 spiro atoms. The summed E-state index contributed by atoms with van der Waals surface area (Å²) in [7, 11) is 3.73. The Kier molecular flexibility index (Phi) is 6.72. The first-order valence-electron chi connectivity index (χ1n) is 8.48. The van der Waals surface area contributed by atoms with E-state index in [0.717, 1.165) is 31.5 Å². The van der Waals surface area contributed by atoms with Crippen LogP contribution in [0.25, 0.3) is 0 Å². The molecule has 1 aromatic carbocycles. The van der Waals surface area contributed by atoms with Crippen LogP contribution in [0.4, 0.5) is 0 Å². The number of hydrogen-bond acceptors (Lipinski definition) is 3. The van der Waals surface area contributed by atoms with Crippen molar-refractivity contribution < 1.29 is 9.59 Å². The van der Waals surface area contributed by atoms with Crippen molar-refractivity contribution in [1.29, 1.82) is 0 Å². The summed E-state index contributed by atoms with van der Waals surface area (Å²) >= 11 is 6.11. The second-order valence-electron chi connectivity index (χ2n) is 6.70. The maximum absolute atomic E-state index is 13.0. The fourth-order valence-electron chi connectivity index (χ4n) is 3.86. The first-order chi connectivity index (χ1) is 11.5. The van der Waals surface area contributed by atoms with Crippen LogP contribution in [0.5, 0.6) is 0 Å². The number of carbonyl (C=O) groups excluding carboxylic acids is 2. The number of carbonyl (C=O) groups is 2. The maximum atomic E-state index is 13.0. The van der Waals surface area contributed by atoms with E-state index in [-0.39, 0.29) is 42.6 Å². The average molecular weight is 386 g/mol. The molecule has 2 aliphatic heterocycles. The molecule has 2 aliphatic rings. The highest BCUT2D eigenvalue weighted by Crippen LogP contribution is 2.39. The lowest BCUT2D eigenvalue weighted by atomic mass is 9.91. The van der Waals surface area contributed by atoms with Crippen molar-refractivity contribution in [3.8, 4) is 0 Å². The van der Waals surface area contributed by atoms with Gasteiger partial charge in [0, 0.05) is 37.6 Å². The summed E-state index contributed by atoms with van der Waals surface area (Å²) in [5.74, 6) is -0.220. The number of rotatable bonds is 3. The number of halogens is 2. The van der Waals surface area contributed by atoms with E-state index in [1.807, 2.05) is 30.1 Å². The zero-order chi connectivity index (χ0) is 17.3. The summed E-state index contributed by atoms with van der Waals surface area (Å²) in [4.78, 5) is 28.9. The van der Waals surface area contributed by atoms with Crippen LogP contribution in [0.15, 0.2) is 24.3 Å². The molecule has 1 N–H and O–H groups in total. The zero-order valence-corrected chi connectivity index (χ0v) is 16.1. The van der Waals surface area contributed by atoms with E-state index in [1.54, 1.807) is 18.0 Å². The fraction of sp³-hybridized carbons (Fsp3) is 0.556. The predicted molar refractivity (Wildman–Crippen MR) is 101 cm³/mol. The molecule has 7 heteroatoms. The molecule has 138 valence electrons. The number of hydrogen-bond donors (Lipinski definition) is 1. The highest BCUT2D eigenvalue weighted by atomic mass is 35.5. The van der Waals surface area contributed by atoms with E-state index in [2.05, 4.69) is 5.32 Å². The Morgan fingerprint density at radius 3 is 2.56 bits per heavy atom. The first-order valence-corrected chi connectivity index (χ1v) is 8.86. The lowest BCUT2D eigenvalue weighted by molar-refractivity contribution is -0.137. The molecule has 25 heavy (non-hydrogen) atoms. The van der Waals surface area contributed by atoms with Crippen molar-refractivity contribution in [2.45, 2.75) is 31.3 Å². The second kappa shape index (κ2) is 8.39. The molecular weight excluding hydrogens is 361 g/mol. The number of nitrogens with zero attached hydrogens (tertiary/aromatic N) is 2. The minimum atomic E-state index is -0.327. The van der Waals surface area contributed by atoms with Crippen LogP contribution in [-0.2, 0) is 9.59 Å². The van der Waals surface area contributed by atoms with Crippen LogP contribution in [0, 0.1) is 5.92 Å². The van der Waals surface area contributed by atoms with Gasteiger partial charge in [-0.15, -0.1) is 12.4 Å². The van der Waals surface area contributed by atoms with Crippen LogP contribution in [0.2, 0.25) is 5.02 Å². The molecular formula is C18H25Cl2N3O2. The highest BCUT2D eigenvalue weighted by Gasteiger charge is 2.44. The maximum Gasteiger partial charge on any atom is 0.228 e. The zero-order valence-electron chi connectivity index (χ0n) is 14.6. The standard InChI is InChI=1S/C18H24ClN3O2.ClH/c1-20-14-6-8-22(9-7-14)18(24)15-11-16(23)21(2)17(15)12-4-3-5-13(19)10-12;/h3-5,10,14-15,17,20H,6-9,11H2,1-2H3;1H. The number of likely N-dealkylation sites (tertiary alicyclic amines) is 2. The smallest absolute Gasteiger partial charge is 0.228 e. The van der Waals surface area contributed by atoms with Crippen molar-refractivity contribution >= 4 is 35.8 Å². The molecule has 0 radical (unpaired) electrons. The largest absolute Gasteiger partial charge is 0.342 e. The van der Waals surface area contributed by atoms with Crippen LogP contribution < -0.4 is 5.32 Å². The van der Waals surface area contributed by atoms with Gasteiger partial charge in [0.15, 0.2) is 0 Å². The predicted octanol–water partition coefficient (Wildman–Crippen LogP) is 2.49. The Balaban J connectivity index is 0.00000225. The molecule has 3 rings (SSSR count). The van der Waals surface area contributed by atoms with Gasteiger partial charge in [0.25, 0.3) is 0 Å². The van der Waals surface area contributed by atoms with Crippen molar-refractivity contribution in [2.75, 3.05) is 27.2 Å². The van der Waals surface area contributed by atoms with Crippen molar-refractivity contribution in [1.82, 2.24) is 15.1 Å². The Bertz CT molecular complexity index is 633. The SMILES string of the molecule is CNC1CCN(C(=O)C2CC(=O)N(C)C2c2cccc(Cl)c2)CC1.Cl. The summed E-state index contributed by atoms with van der Waals surface area (Å²) in [6.07, 6.45) is 2.19. The Morgan fingerprint density at radius 2 is 1.96 bits per heavy atom. The Hall–Kier alpha value is -1.30. The van der Waals surface area contributed by atoms with E-state index < -0.39 is 0 Å². The van der Waals surface area contributed by atoms with Gasteiger partial charge in [0.05, 0.1) is 12.0 Å². The first kappa shape index (κ1) is 20.0. The van der Waals surface area contributed by atoms with Gasteiger partial charge in [-0.1, -0.05) is 23.7 Å². The minimum absolute atomic E-state index is 0. The number of piperidine rings is 1. The van der Waals surface area contributed by atoms with Crippen molar-refractivity contribution in [2.24, 2.45) is 5.92 Å². The van der Waals surface area contributed by atoms with Gasteiger partial charge >= 0.3 is 0 Å². The van der Waals surface area contributed by atoms with Gasteiger partial charge in [-0.2, -0.15) is 0 Å². The molecule has 5 nitrogen and oxygen atoms in total. The van der Waals surface area contributed by atoms with Gasteiger partial charge in [-0.05, 0) is 37.6 Å². The van der Waals surface area contributed by atoms with E-state index in [9.17, 15) is 9.59 Å². The average Bonchev–Trinajstić information content (AvgIpc) is 2.89. The molecule has 2 amide bonds. The normalized spacial score (nSPS) is 24.4. The quantitative estimate of drug-likeness (QED) is 0.869. The minimum Gasteiger partial charge on any atom is -0.342 e. The molecule has 0 aliphatic carbocycles. The van der Waals surface area contributed by atoms with Crippen LogP contribution in [0.1, 0.15) is 30.9 Å². The summed E-state index contributed by atoms with van der Waals surface area (Å²) in [6.45, 7) is 1.50. The van der Waals surface area contributed by atoms with Crippen molar-refractivity contribution in [3.63, 3.8) is 0 Å².